The van der Waals surface area contributed by atoms with Crippen LogP contribution in [0.25, 0.3) is 6.08 Å². The molecule has 0 spiro atoms. The Kier molecular flexibility index (Phi) is 6.36. The van der Waals surface area contributed by atoms with Gasteiger partial charge in [-0.3, -0.25) is 9.69 Å². The van der Waals surface area contributed by atoms with Gasteiger partial charge in [0.25, 0.3) is 5.91 Å². The van der Waals surface area contributed by atoms with Crippen molar-refractivity contribution in [2.75, 3.05) is 6.54 Å². The van der Waals surface area contributed by atoms with Crippen molar-refractivity contribution < 1.29 is 14.7 Å². The highest BCUT2D eigenvalue weighted by Crippen LogP contribution is 2.32. The van der Waals surface area contributed by atoms with Crippen molar-refractivity contribution in [3.8, 4) is 0 Å². The highest BCUT2D eigenvalue weighted by atomic mass is 32.2. The number of amides is 1. The average molecular weight is 348 g/mol. The van der Waals surface area contributed by atoms with E-state index in [2.05, 4.69) is 0 Å². The second kappa shape index (κ2) is 8.26. The van der Waals surface area contributed by atoms with E-state index in [4.69, 9.17) is 12.2 Å². The monoisotopic (exact) mass is 348 g/mol. The van der Waals surface area contributed by atoms with Crippen LogP contribution in [-0.2, 0) is 9.59 Å². The number of carbonyl (C=O) groups is 2. The molecule has 0 radical (unpaired) electrons. The zero-order valence-electron chi connectivity index (χ0n) is 12.9. The zero-order valence-corrected chi connectivity index (χ0v) is 14.5. The average Bonchev–Trinajstić information content (AvgIpc) is 2.76. The number of unbranched alkanes of at least 4 members (excludes halogenated alkanes) is 2. The van der Waals surface area contributed by atoms with Gasteiger partial charge in [0.1, 0.15) is 4.32 Å². The summed E-state index contributed by atoms with van der Waals surface area (Å²) in [5, 5.41) is 10.4. The quantitative estimate of drug-likeness (QED) is 0.430. The number of rotatable bonds is 7. The third kappa shape index (κ3) is 5.18. The van der Waals surface area contributed by atoms with Crippen LogP contribution < -0.4 is 5.11 Å². The fourth-order valence-electron chi connectivity index (χ4n) is 2.22. The number of benzene rings is 1. The highest BCUT2D eigenvalue weighted by molar-refractivity contribution is 8.26. The van der Waals surface area contributed by atoms with E-state index in [1.54, 1.807) is 4.90 Å². The van der Waals surface area contributed by atoms with Crippen LogP contribution in [0.4, 0.5) is 0 Å². The van der Waals surface area contributed by atoms with Crippen molar-refractivity contribution in [1.82, 2.24) is 4.90 Å². The minimum Gasteiger partial charge on any atom is -0.550 e. The molecule has 1 aliphatic heterocycles. The second-order valence-corrected chi connectivity index (χ2v) is 7.10. The summed E-state index contributed by atoms with van der Waals surface area (Å²) in [7, 11) is 0. The van der Waals surface area contributed by atoms with Gasteiger partial charge in [-0.05, 0) is 37.8 Å². The van der Waals surface area contributed by atoms with Crippen LogP contribution in [0.15, 0.2) is 29.2 Å². The van der Waals surface area contributed by atoms with E-state index in [0.717, 1.165) is 18.4 Å². The standard InChI is InChI=1S/C17H19NO3S2/c1-12-6-8-13(9-7-12)11-14-16(21)18(17(22)23-14)10-4-2-3-5-15(19)20/h6-9,11H,2-5,10H2,1H3,(H,19,20)/p-1/b14-11+. The number of carboxylic acid groups (broad SMARTS) is 1. The summed E-state index contributed by atoms with van der Waals surface area (Å²) in [5.74, 6) is -1.10. The molecule has 1 heterocycles. The molecule has 4 nitrogen and oxygen atoms in total. The summed E-state index contributed by atoms with van der Waals surface area (Å²) >= 11 is 6.59. The molecule has 0 aliphatic carbocycles. The lowest BCUT2D eigenvalue weighted by molar-refractivity contribution is -0.305. The first-order valence-corrected chi connectivity index (χ1v) is 8.72. The second-order valence-electron chi connectivity index (χ2n) is 5.43. The fourth-order valence-corrected chi connectivity index (χ4v) is 3.53. The first-order chi connectivity index (χ1) is 11.0. The van der Waals surface area contributed by atoms with Crippen LogP contribution in [0.1, 0.15) is 36.8 Å². The molecule has 1 amide bonds. The molecule has 0 bridgehead atoms. The Morgan fingerprint density at radius 2 is 1.96 bits per heavy atom. The Balaban J connectivity index is 1.91. The van der Waals surface area contributed by atoms with E-state index in [-0.39, 0.29) is 12.3 Å². The number of hydrogen-bond donors (Lipinski definition) is 0. The topological polar surface area (TPSA) is 60.4 Å². The molecule has 1 aromatic rings. The van der Waals surface area contributed by atoms with Gasteiger partial charge >= 0.3 is 0 Å². The molecule has 6 heteroatoms. The first-order valence-electron chi connectivity index (χ1n) is 7.49. The van der Waals surface area contributed by atoms with Crippen LogP contribution in [0.2, 0.25) is 0 Å². The SMILES string of the molecule is Cc1ccc(/C=C2/SC(=S)N(CCCCCC(=O)[O-])C2=O)cc1. The molecular formula is C17H18NO3S2-. The lowest BCUT2D eigenvalue weighted by atomic mass is 10.1. The molecule has 1 fully saturated rings. The van der Waals surface area contributed by atoms with Crippen LogP contribution in [-0.4, -0.2) is 27.6 Å². The summed E-state index contributed by atoms with van der Waals surface area (Å²) in [6.45, 7) is 2.55. The van der Waals surface area contributed by atoms with E-state index >= 15 is 0 Å². The van der Waals surface area contributed by atoms with Gasteiger partial charge in [-0.15, -0.1) is 0 Å². The molecule has 23 heavy (non-hydrogen) atoms. The van der Waals surface area contributed by atoms with Crippen LogP contribution in [0, 0.1) is 6.92 Å². The van der Waals surface area contributed by atoms with Gasteiger partial charge in [0.15, 0.2) is 0 Å². The van der Waals surface area contributed by atoms with Crippen molar-refractivity contribution in [3.05, 3.63) is 40.3 Å². The summed E-state index contributed by atoms with van der Waals surface area (Å²) in [5.41, 5.74) is 2.15. The molecule has 1 aromatic carbocycles. The molecule has 0 atom stereocenters. The highest BCUT2D eigenvalue weighted by Gasteiger charge is 2.31. The van der Waals surface area contributed by atoms with E-state index in [0.29, 0.717) is 22.2 Å². The maximum atomic E-state index is 12.4. The number of hydrogen-bond acceptors (Lipinski definition) is 5. The van der Waals surface area contributed by atoms with Gasteiger partial charge in [-0.2, -0.15) is 0 Å². The predicted octanol–water partition coefficient (Wildman–Crippen LogP) is 2.51. The zero-order chi connectivity index (χ0) is 16.8. The van der Waals surface area contributed by atoms with Crippen LogP contribution in [0.3, 0.4) is 0 Å². The van der Waals surface area contributed by atoms with Crippen molar-refractivity contribution in [2.24, 2.45) is 0 Å². The minimum absolute atomic E-state index is 0.0612. The smallest absolute Gasteiger partial charge is 0.266 e. The number of carbonyl (C=O) groups excluding carboxylic acids is 2. The third-order valence-corrected chi connectivity index (χ3v) is 4.89. The van der Waals surface area contributed by atoms with Gasteiger partial charge in [0.05, 0.1) is 4.91 Å². The van der Waals surface area contributed by atoms with Gasteiger partial charge in [-0.1, -0.05) is 60.2 Å². The molecular weight excluding hydrogens is 330 g/mol. The van der Waals surface area contributed by atoms with E-state index < -0.39 is 5.97 Å². The number of nitrogens with zero attached hydrogens (tertiary/aromatic N) is 1. The van der Waals surface area contributed by atoms with Crippen molar-refractivity contribution in [3.63, 3.8) is 0 Å². The summed E-state index contributed by atoms with van der Waals surface area (Å²) in [4.78, 5) is 25.0. The van der Waals surface area contributed by atoms with Crippen molar-refractivity contribution in [1.29, 1.82) is 0 Å². The minimum atomic E-state index is -1.03. The lowest BCUT2D eigenvalue weighted by Crippen LogP contribution is -2.29. The number of carboxylic acids is 1. The molecule has 0 aromatic heterocycles. The molecule has 0 N–H and O–H groups in total. The Labute approximate surface area is 145 Å². The Morgan fingerprint density at radius 3 is 2.61 bits per heavy atom. The molecule has 0 saturated carbocycles. The normalized spacial score (nSPS) is 16.4. The van der Waals surface area contributed by atoms with Crippen LogP contribution >= 0.6 is 24.0 Å². The number of thiocarbonyl (C=S) groups is 1. The van der Waals surface area contributed by atoms with E-state index in [9.17, 15) is 14.7 Å². The Hall–Kier alpha value is -1.66. The van der Waals surface area contributed by atoms with E-state index in [1.165, 1.54) is 17.3 Å². The maximum absolute atomic E-state index is 12.4. The summed E-state index contributed by atoms with van der Waals surface area (Å²) in [6, 6.07) is 7.96. The number of aliphatic carboxylic acids is 1. The van der Waals surface area contributed by atoms with Gasteiger partial charge in [-0.25, -0.2) is 0 Å². The summed E-state index contributed by atoms with van der Waals surface area (Å²) < 4.78 is 0.563. The fraction of sp³-hybridized carbons (Fsp3) is 0.353. The molecule has 0 unspecified atom stereocenters. The Bertz CT molecular complexity index is 638. The number of thioether (sulfide) groups is 1. The van der Waals surface area contributed by atoms with Crippen molar-refractivity contribution >= 4 is 46.3 Å². The summed E-state index contributed by atoms with van der Waals surface area (Å²) in [6.07, 6.45) is 3.95. The molecule has 122 valence electrons. The van der Waals surface area contributed by atoms with Gasteiger partial charge in [0.2, 0.25) is 0 Å². The van der Waals surface area contributed by atoms with Crippen molar-refractivity contribution in [2.45, 2.75) is 32.6 Å². The molecule has 2 rings (SSSR count). The molecule has 1 saturated heterocycles. The Morgan fingerprint density at radius 1 is 1.26 bits per heavy atom. The van der Waals surface area contributed by atoms with Gasteiger partial charge in [0, 0.05) is 12.5 Å². The molecule has 1 aliphatic rings. The predicted molar refractivity (Wildman–Crippen MR) is 94.5 cm³/mol. The maximum Gasteiger partial charge on any atom is 0.266 e. The van der Waals surface area contributed by atoms with E-state index in [1.807, 2.05) is 37.3 Å². The van der Waals surface area contributed by atoms with Crippen LogP contribution in [0.5, 0.6) is 0 Å². The largest absolute Gasteiger partial charge is 0.550 e. The first kappa shape index (κ1) is 17.7. The van der Waals surface area contributed by atoms with Gasteiger partial charge < -0.3 is 9.90 Å². The number of aryl methyl sites for hydroxylation is 1. The lowest BCUT2D eigenvalue weighted by Gasteiger charge is -2.14. The third-order valence-electron chi connectivity index (χ3n) is 3.51.